The first kappa shape index (κ1) is 39.3. The van der Waals surface area contributed by atoms with E-state index in [4.69, 9.17) is 4.74 Å². The van der Waals surface area contributed by atoms with Gasteiger partial charge in [0.25, 0.3) is 0 Å². The monoisotopic (exact) mass is 880 g/mol. The first-order valence-electron chi connectivity index (χ1n) is 23.9. The third-order valence-electron chi connectivity index (χ3n) is 14.7. The van der Waals surface area contributed by atoms with Gasteiger partial charge in [-0.25, -0.2) is 0 Å². The molecule has 0 N–H and O–H groups in total. The molecule has 0 unspecified atom stereocenters. The topological polar surface area (TPSA) is 15.7 Å². The van der Waals surface area contributed by atoms with Crippen molar-refractivity contribution >= 4 is 44.9 Å². The van der Waals surface area contributed by atoms with Crippen LogP contribution in [0.3, 0.4) is 0 Å². The fraction of sp³-hybridized carbons (Fsp3) is 0.0303. The van der Waals surface area contributed by atoms with Crippen molar-refractivity contribution in [3.63, 3.8) is 0 Å². The maximum Gasteiger partial charge on any atom is 0.134 e. The van der Waals surface area contributed by atoms with Crippen molar-refractivity contribution in [1.29, 1.82) is 0 Å². The van der Waals surface area contributed by atoms with E-state index in [2.05, 4.69) is 265 Å². The molecule has 2 aliphatic carbocycles. The van der Waals surface area contributed by atoms with Crippen LogP contribution in [0.1, 0.15) is 33.4 Å². The van der Waals surface area contributed by atoms with Crippen LogP contribution in [0, 0.1) is 0 Å². The maximum atomic E-state index is 6.99. The molecule has 0 aromatic heterocycles. The number of anilines is 6. The molecule has 0 atom stereocenters. The highest BCUT2D eigenvalue weighted by atomic mass is 16.5. The van der Waals surface area contributed by atoms with Crippen LogP contribution in [-0.4, -0.2) is 0 Å². The van der Waals surface area contributed by atoms with E-state index in [1.165, 1.54) is 72.0 Å². The molecule has 324 valence electrons. The lowest BCUT2D eigenvalue weighted by Crippen LogP contribution is -2.32. The van der Waals surface area contributed by atoms with E-state index in [9.17, 15) is 0 Å². The van der Waals surface area contributed by atoms with Crippen molar-refractivity contribution in [3.8, 4) is 44.9 Å². The van der Waals surface area contributed by atoms with E-state index < -0.39 is 5.41 Å². The summed E-state index contributed by atoms with van der Waals surface area (Å²) in [4.78, 5) is 4.74. The highest BCUT2D eigenvalue weighted by Crippen LogP contribution is 2.62. The Hall–Kier alpha value is -8.92. The van der Waals surface area contributed by atoms with Crippen molar-refractivity contribution < 1.29 is 4.74 Å². The molecule has 3 nitrogen and oxygen atoms in total. The van der Waals surface area contributed by atoms with Crippen LogP contribution >= 0.6 is 0 Å². The number of hydrogen-bond acceptors (Lipinski definition) is 3. The Morgan fingerprint density at radius 3 is 1.51 bits per heavy atom. The summed E-state index contributed by atoms with van der Waals surface area (Å²) in [5, 5.41) is 2.55. The van der Waals surface area contributed by atoms with Crippen LogP contribution < -0.4 is 14.5 Å². The molecule has 0 radical (unpaired) electrons. The summed E-state index contributed by atoms with van der Waals surface area (Å²) in [6, 6.07) is 92.8. The number of rotatable bonds is 7. The summed E-state index contributed by atoms with van der Waals surface area (Å²) in [5.41, 5.74) is 21.2. The van der Waals surface area contributed by atoms with Gasteiger partial charge in [0.05, 0.1) is 5.41 Å². The minimum Gasteiger partial charge on any atom is -0.457 e. The molecule has 0 fully saturated rings. The highest BCUT2D eigenvalue weighted by molar-refractivity contribution is 6.04. The third-order valence-corrected chi connectivity index (χ3v) is 14.7. The van der Waals surface area contributed by atoms with Gasteiger partial charge < -0.3 is 14.5 Å². The molecular formula is C66H44N2O. The lowest BCUT2D eigenvalue weighted by molar-refractivity contribution is 0.436. The second-order valence-corrected chi connectivity index (χ2v) is 18.4. The van der Waals surface area contributed by atoms with Gasteiger partial charge in [0, 0.05) is 51.3 Å². The fourth-order valence-electron chi connectivity index (χ4n) is 11.8. The number of hydrogen-bond donors (Lipinski definition) is 0. The average Bonchev–Trinajstić information content (AvgIpc) is 3.94. The summed E-state index contributed by atoms with van der Waals surface area (Å²) in [5.74, 6) is 1.74. The highest BCUT2D eigenvalue weighted by Gasteiger charge is 2.51. The standard InChI is InChI=1S/C66H44N2O/c1-4-19-47(20-5-1)67(51-38-39-62-64(43-51)69-63-31-17-16-30-61(63)66(62)59-28-14-12-26-54(59)55-27-13-15-29-60(55)66)50-36-34-45(35-37-50)56-41-52(68(48-21-6-2-7-22-48)49-23-8-3-9-24-49)42-58-57(56)40-46-33-32-44-18-10-11-25-53(44)65(46)58/h1-39,41-43H,40H2. The minimum atomic E-state index is -0.521. The fourth-order valence-corrected chi connectivity index (χ4v) is 11.8. The predicted molar refractivity (Wildman–Crippen MR) is 284 cm³/mol. The molecule has 69 heavy (non-hydrogen) atoms. The van der Waals surface area contributed by atoms with E-state index in [1.807, 2.05) is 0 Å². The lowest BCUT2D eigenvalue weighted by atomic mass is 9.66. The van der Waals surface area contributed by atoms with Gasteiger partial charge in [-0.1, -0.05) is 176 Å². The maximum absolute atomic E-state index is 6.99. The molecule has 3 heteroatoms. The Balaban J connectivity index is 0.926. The molecule has 0 amide bonds. The summed E-state index contributed by atoms with van der Waals surface area (Å²) in [7, 11) is 0. The summed E-state index contributed by atoms with van der Waals surface area (Å²) >= 11 is 0. The van der Waals surface area contributed by atoms with Crippen LogP contribution in [0.25, 0.3) is 44.2 Å². The van der Waals surface area contributed by atoms with Gasteiger partial charge in [-0.3, -0.25) is 0 Å². The average molecular weight is 881 g/mol. The number of fused-ring (bicyclic) bond motifs is 14. The zero-order valence-electron chi connectivity index (χ0n) is 37.8. The van der Waals surface area contributed by atoms with Gasteiger partial charge in [-0.2, -0.15) is 0 Å². The summed E-state index contributed by atoms with van der Waals surface area (Å²) in [6.07, 6.45) is 0.869. The van der Waals surface area contributed by atoms with E-state index in [-0.39, 0.29) is 0 Å². The molecular weight excluding hydrogens is 837 g/mol. The Bertz CT molecular complexity index is 3700. The Kier molecular flexibility index (Phi) is 8.87. The Morgan fingerprint density at radius 1 is 0.333 bits per heavy atom. The number of benzene rings is 11. The van der Waals surface area contributed by atoms with Crippen molar-refractivity contribution in [2.45, 2.75) is 11.8 Å². The molecule has 3 aliphatic rings. The smallest absolute Gasteiger partial charge is 0.134 e. The van der Waals surface area contributed by atoms with Gasteiger partial charge in [0.15, 0.2) is 0 Å². The summed E-state index contributed by atoms with van der Waals surface area (Å²) < 4.78 is 6.99. The zero-order valence-corrected chi connectivity index (χ0v) is 37.8. The van der Waals surface area contributed by atoms with Gasteiger partial charge in [-0.15, -0.1) is 0 Å². The molecule has 11 aromatic rings. The van der Waals surface area contributed by atoms with Crippen LogP contribution in [-0.2, 0) is 11.8 Å². The van der Waals surface area contributed by atoms with Crippen molar-refractivity contribution in [2.24, 2.45) is 0 Å². The third kappa shape index (κ3) is 6.00. The number of nitrogens with zero attached hydrogens (tertiary/aromatic N) is 2. The molecule has 1 heterocycles. The molecule has 1 spiro atoms. The quantitative estimate of drug-likeness (QED) is 0.159. The Labute approximate surface area is 402 Å². The first-order chi connectivity index (χ1) is 34.2. The van der Waals surface area contributed by atoms with E-state index in [0.29, 0.717) is 0 Å². The largest absolute Gasteiger partial charge is 0.457 e. The van der Waals surface area contributed by atoms with Crippen LogP contribution in [0.4, 0.5) is 34.1 Å². The van der Waals surface area contributed by atoms with E-state index in [0.717, 1.165) is 57.6 Å². The van der Waals surface area contributed by atoms with Crippen molar-refractivity contribution in [3.05, 3.63) is 288 Å². The second kappa shape index (κ2) is 15.6. The van der Waals surface area contributed by atoms with Gasteiger partial charge in [0.1, 0.15) is 11.5 Å². The van der Waals surface area contributed by atoms with Gasteiger partial charge in [-0.05, 0) is 146 Å². The normalized spacial score (nSPS) is 13.1. The van der Waals surface area contributed by atoms with Gasteiger partial charge >= 0.3 is 0 Å². The molecule has 0 saturated carbocycles. The minimum absolute atomic E-state index is 0.521. The van der Waals surface area contributed by atoms with Crippen LogP contribution in [0.2, 0.25) is 0 Å². The number of para-hydroxylation sites is 4. The Morgan fingerprint density at radius 2 is 0.841 bits per heavy atom. The molecule has 11 aromatic carbocycles. The molecule has 14 rings (SSSR count). The number of ether oxygens (including phenoxy) is 1. The van der Waals surface area contributed by atoms with E-state index >= 15 is 0 Å². The SMILES string of the molecule is c1ccc(N(c2ccc(-c3cc(N(c4ccccc4)c4ccccc4)cc4c3Cc3ccc5ccccc5c3-4)cc2)c2ccc3c(c2)Oc2ccccc2C32c3ccccc3-c3ccccc32)cc1. The van der Waals surface area contributed by atoms with Crippen LogP contribution in [0.15, 0.2) is 255 Å². The summed E-state index contributed by atoms with van der Waals surface area (Å²) in [6.45, 7) is 0. The second-order valence-electron chi connectivity index (χ2n) is 18.4. The lowest BCUT2D eigenvalue weighted by Gasteiger charge is -2.40. The van der Waals surface area contributed by atoms with Gasteiger partial charge in [0.2, 0.25) is 0 Å². The molecule has 1 aliphatic heterocycles. The predicted octanol–water partition coefficient (Wildman–Crippen LogP) is 17.5. The zero-order chi connectivity index (χ0) is 45.5. The molecule has 0 saturated heterocycles. The first-order valence-corrected chi connectivity index (χ1v) is 23.9. The van der Waals surface area contributed by atoms with Crippen LogP contribution in [0.5, 0.6) is 11.5 Å². The van der Waals surface area contributed by atoms with E-state index in [1.54, 1.807) is 0 Å². The van der Waals surface area contributed by atoms with Crippen molar-refractivity contribution in [2.75, 3.05) is 9.80 Å². The van der Waals surface area contributed by atoms with Crippen molar-refractivity contribution in [1.82, 2.24) is 0 Å². The molecule has 0 bridgehead atoms.